The number of aromatic nitrogens is 1. The van der Waals surface area contributed by atoms with E-state index in [0.717, 1.165) is 37.5 Å². The number of nitrogens with zero attached hydrogens (tertiary/aromatic N) is 3. The van der Waals surface area contributed by atoms with Crippen molar-refractivity contribution in [2.24, 2.45) is 0 Å². The van der Waals surface area contributed by atoms with Gasteiger partial charge in [0.2, 0.25) is 10.0 Å². The monoisotopic (exact) mass is 299 g/mol. The molecule has 0 N–H and O–H groups in total. The highest BCUT2D eigenvalue weighted by Gasteiger charge is 2.28. The summed E-state index contributed by atoms with van der Waals surface area (Å²) in [5.74, 6) is 1.59. The first-order valence-corrected chi connectivity index (χ1v) is 9.00. The van der Waals surface area contributed by atoms with Gasteiger partial charge >= 0.3 is 0 Å². The predicted molar refractivity (Wildman–Crippen MR) is 74.8 cm³/mol. The lowest BCUT2D eigenvalue weighted by molar-refractivity contribution is 0.267. The fourth-order valence-corrected chi connectivity index (χ4v) is 3.50. The first kappa shape index (κ1) is 14.0. The van der Waals surface area contributed by atoms with Crippen LogP contribution >= 0.6 is 0 Å². The quantitative estimate of drug-likeness (QED) is 0.830. The molecule has 0 amide bonds. The SMILES string of the molecule is CS(=O)(=O)N1CCCN(Cc2cc(C3CC3)on2)CC1. The molecule has 0 atom stereocenters. The summed E-state index contributed by atoms with van der Waals surface area (Å²) in [5.41, 5.74) is 0.958. The van der Waals surface area contributed by atoms with Gasteiger partial charge in [0, 0.05) is 38.2 Å². The molecule has 2 fully saturated rings. The molecular weight excluding hydrogens is 278 g/mol. The van der Waals surface area contributed by atoms with Crippen LogP contribution in [0.3, 0.4) is 0 Å². The minimum atomic E-state index is -3.07. The average Bonchev–Trinajstić information content (AvgIpc) is 3.15. The van der Waals surface area contributed by atoms with Crippen LogP contribution in [0.5, 0.6) is 0 Å². The maximum Gasteiger partial charge on any atom is 0.211 e. The van der Waals surface area contributed by atoms with Crippen LogP contribution < -0.4 is 0 Å². The summed E-state index contributed by atoms with van der Waals surface area (Å²) in [4.78, 5) is 2.25. The van der Waals surface area contributed by atoms with E-state index in [2.05, 4.69) is 16.1 Å². The zero-order valence-corrected chi connectivity index (χ0v) is 12.6. The van der Waals surface area contributed by atoms with Gasteiger partial charge in [-0.1, -0.05) is 5.16 Å². The summed E-state index contributed by atoms with van der Waals surface area (Å²) in [7, 11) is -3.07. The summed E-state index contributed by atoms with van der Waals surface area (Å²) >= 11 is 0. The molecule has 6 nitrogen and oxygen atoms in total. The summed E-state index contributed by atoms with van der Waals surface area (Å²) < 4.78 is 30.1. The Morgan fingerprint density at radius 1 is 1.30 bits per heavy atom. The lowest BCUT2D eigenvalue weighted by atomic mass is 10.2. The van der Waals surface area contributed by atoms with E-state index >= 15 is 0 Å². The number of hydrogen-bond donors (Lipinski definition) is 0. The second-order valence-corrected chi connectivity index (χ2v) is 7.77. The van der Waals surface area contributed by atoms with Gasteiger partial charge in [-0.15, -0.1) is 0 Å². The van der Waals surface area contributed by atoms with Crippen LogP contribution in [0, 0.1) is 0 Å². The van der Waals surface area contributed by atoms with Gasteiger partial charge in [-0.2, -0.15) is 0 Å². The van der Waals surface area contributed by atoms with E-state index in [4.69, 9.17) is 4.52 Å². The molecule has 0 spiro atoms. The molecular formula is C13H21N3O3S. The zero-order chi connectivity index (χ0) is 14.2. The smallest absolute Gasteiger partial charge is 0.211 e. The molecule has 2 aliphatic rings. The van der Waals surface area contributed by atoms with Crippen LogP contribution in [0.15, 0.2) is 10.6 Å². The number of sulfonamides is 1. The van der Waals surface area contributed by atoms with Crippen molar-refractivity contribution in [1.29, 1.82) is 0 Å². The molecule has 0 radical (unpaired) electrons. The van der Waals surface area contributed by atoms with Crippen molar-refractivity contribution in [2.75, 3.05) is 32.4 Å². The van der Waals surface area contributed by atoms with Crippen LogP contribution in [0.2, 0.25) is 0 Å². The van der Waals surface area contributed by atoms with Crippen LogP contribution in [-0.4, -0.2) is 55.2 Å². The second kappa shape index (κ2) is 5.46. The van der Waals surface area contributed by atoms with Gasteiger partial charge in [0.1, 0.15) is 5.76 Å². The van der Waals surface area contributed by atoms with E-state index in [9.17, 15) is 8.42 Å². The summed E-state index contributed by atoms with van der Waals surface area (Å²) in [6, 6.07) is 2.05. The van der Waals surface area contributed by atoms with Crippen molar-refractivity contribution in [1.82, 2.24) is 14.4 Å². The fraction of sp³-hybridized carbons (Fsp3) is 0.769. The zero-order valence-electron chi connectivity index (χ0n) is 11.8. The van der Waals surface area contributed by atoms with Gasteiger partial charge in [0.15, 0.2) is 0 Å². The Morgan fingerprint density at radius 2 is 2.10 bits per heavy atom. The first-order chi connectivity index (χ1) is 9.52. The molecule has 0 unspecified atom stereocenters. The number of rotatable bonds is 4. The molecule has 1 aromatic heterocycles. The molecule has 1 aliphatic carbocycles. The Balaban J connectivity index is 1.57. The number of hydrogen-bond acceptors (Lipinski definition) is 5. The van der Waals surface area contributed by atoms with Crippen LogP contribution in [-0.2, 0) is 16.6 Å². The van der Waals surface area contributed by atoms with Crippen molar-refractivity contribution >= 4 is 10.0 Å². The fourth-order valence-electron chi connectivity index (χ4n) is 2.63. The van der Waals surface area contributed by atoms with Gasteiger partial charge in [0.05, 0.1) is 11.9 Å². The van der Waals surface area contributed by atoms with Gasteiger partial charge in [-0.05, 0) is 25.8 Å². The highest BCUT2D eigenvalue weighted by molar-refractivity contribution is 7.88. The third-order valence-corrected chi connectivity index (χ3v) is 5.26. The van der Waals surface area contributed by atoms with Crippen molar-refractivity contribution in [2.45, 2.75) is 31.7 Å². The Kier molecular flexibility index (Phi) is 3.83. The highest BCUT2D eigenvalue weighted by Crippen LogP contribution is 2.40. The molecule has 3 rings (SSSR count). The van der Waals surface area contributed by atoms with Gasteiger partial charge in [-0.25, -0.2) is 12.7 Å². The molecule has 0 bridgehead atoms. The summed E-state index contributed by atoms with van der Waals surface area (Å²) in [5, 5.41) is 4.12. The summed E-state index contributed by atoms with van der Waals surface area (Å²) in [6.07, 6.45) is 4.56. The van der Waals surface area contributed by atoms with Crippen LogP contribution in [0.25, 0.3) is 0 Å². The Bertz CT molecular complexity index is 565. The predicted octanol–water partition coefficient (Wildman–Crippen LogP) is 1.02. The molecule has 1 aliphatic heterocycles. The van der Waals surface area contributed by atoms with Crippen molar-refractivity contribution in [3.05, 3.63) is 17.5 Å². The molecule has 0 aromatic carbocycles. The van der Waals surface area contributed by atoms with Crippen molar-refractivity contribution < 1.29 is 12.9 Å². The largest absolute Gasteiger partial charge is 0.361 e. The van der Waals surface area contributed by atoms with E-state index in [1.54, 1.807) is 4.31 Å². The van der Waals surface area contributed by atoms with E-state index < -0.39 is 10.0 Å². The molecule has 1 aromatic rings. The van der Waals surface area contributed by atoms with Gasteiger partial charge in [0.25, 0.3) is 0 Å². The van der Waals surface area contributed by atoms with Gasteiger partial charge < -0.3 is 4.52 Å². The van der Waals surface area contributed by atoms with Gasteiger partial charge in [-0.3, -0.25) is 4.90 Å². The molecule has 2 heterocycles. The lowest BCUT2D eigenvalue weighted by Crippen LogP contribution is -2.34. The van der Waals surface area contributed by atoms with E-state index in [1.165, 1.54) is 19.1 Å². The first-order valence-electron chi connectivity index (χ1n) is 7.15. The van der Waals surface area contributed by atoms with E-state index in [0.29, 0.717) is 19.0 Å². The Hall–Kier alpha value is -0.920. The molecule has 1 saturated heterocycles. The standard InChI is InChI=1S/C13H21N3O3S/c1-20(17,18)16-6-2-5-15(7-8-16)10-12-9-13(19-14-12)11-3-4-11/h9,11H,2-8,10H2,1H3. The Morgan fingerprint density at radius 3 is 2.80 bits per heavy atom. The normalized spacial score (nSPS) is 22.9. The molecule has 20 heavy (non-hydrogen) atoms. The molecule has 1 saturated carbocycles. The van der Waals surface area contributed by atoms with E-state index in [1.807, 2.05) is 0 Å². The van der Waals surface area contributed by atoms with Crippen molar-refractivity contribution in [3.63, 3.8) is 0 Å². The third kappa shape index (κ3) is 3.39. The van der Waals surface area contributed by atoms with Crippen LogP contribution in [0.1, 0.15) is 36.6 Å². The average molecular weight is 299 g/mol. The van der Waals surface area contributed by atoms with E-state index in [-0.39, 0.29) is 0 Å². The lowest BCUT2D eigenvalue weighted by Gasteiger charge is -2.19. The molecule has 7 heteroatoms. The molecule has 112 valence electrons. The maximum atomic E-state index is 11.6. The summed E-state index contributed by atoms with van der Waals surface area (Å²) in [6.45, 7) is 3.57. The minimum Gasteiger partial charge on any atom is -0.361 e. The Labute approximate surface area is 119 Å². The van der Waals surface area contributed by atoms with Crippen molar-refractivity contribution in [3.8, 4) is 0 Å². The minimum absolute atomic E-state index is 0.562. The maximum absolute atomic E-state index is 11.6. The second-order valence-electron chi connectivity index (χ2n) is 5.79. The van der Waals surface area contributed by atoms with Crippen LogP contribution in [0.4, 0.5) is 0 Å². The third-order valence-electron chi connectivity index (χ3n) is 3.96. The highest BCUT2D eigenvalue weighted by atomic mass is 32.2. The topological polar surface area (TPSA) is 66.7 Å².